The Labute approximate surface area is 175 Å². The fraction of sp³-hybridized carbons (Fsp3) is 0.190. The van der Waals surface area contributed by atoms with Gasteiger partial charge in [0, 0.05) is 28.0 Å². The van der Waals surface area contributed by atoms with Gasteiger partial charge in [-0.2, -0.15) is 0 Å². The van der Waals surface area contributed by atoms with E-state index in [1.165, 1.54) is 4.90 Å². The van der Waals surface area contributed by atoms with E-state index in [9.17, 15) is 14.7 Å². The topological polar surface area (TPSA) is 99.4 Å². The van der Waals surface area contributed by atoms with Crippen molar-refractivity contribution in [3.63, 3.8) is 0 Å². The number of amides is 1. The first-order valence-corrected chi connectivity index (χ1v) is 9.73. The molecule has 1 amide bonds. The Morgan fingerprint density at radius 1 is 1.24 bits per heavy atom. The molecule has 1 fully saturated rings. The number of aliphatic hydroxyl groups excluding tert-OH is 1. The highest BCUT2D eigenvalue weighted by atomic mass is 79.9. The Kier molecular flexibility index (Phi) is 4.66. The van der Waals surface area contributed by atoms with Gasteiger partial charge in [0.05, 0.1) is 11.6 Å². The number of aromatic nitrogens is 2. The minimum atomic E-state index is -0.842. The summed E-state index contributed by atoms with van der Waals surface area (Å²) < 4.78 is 5.91. The molecule has 1 saturated heterocycles. The molecule has 1 aliphatic heterocycles. The number of nitrogens with one attached hydrogen (secondary N) is 1. The van der Waals surface area contributed by atoms with Crippen LogP contribution in [0.1, 0.15) is 34.2 Å². The molecule has 0 spiro atoms. The van der Waals surface area contributed by atoms with Crippen LogP contribution in [0, 0.1) is 20.8 Å². The number of hydrogen-bond acceptors (Lipinski definition) is 5. The van der Waals surface area contributed by atoms with Crippen LogP contribution in [0.15, 0.2) is 51.1 Å². The van der Waals surface area contributed by atoms with E-state index < -0.39 is 17.7 Å². The summed E-state index contributed by atoms with van der Waals surface area (Å²) >= 11 is 3.43. The Hall–Kier alpha value is -3.13. The SMILES string of the molecule is Cc1cc(N2C(=O)C(=O)/C(=C(/O)c3c(C)c[nH]c3C)C2c2cccc(Br)c2)no1. The van der Waals surface area contributed by atoms with E-state index in [1.54, 1.807) is 44.3 Å². The van der Waals surface area contributed by atoms with Crippen LogP contribution in [0.5, 0.6) is 0 Å². The van der Waals surface area contributed by atoms with Crippen molar-refractivity contribution in [2.24, 2.45) is 0 Å². The largest absolute Gasteiger partial charge is 0.507 e. The Morgan fingerprint density at radius 2 is 2.00 bits per heavy atom. The third-order valence-corrected chi connectivity index (χ3v) is 5.48. The fourth-order valence-corrected chi connectivity index (χ4v) is 4.10. The first-order valence-electron chi connectivity index (χ1n) is 8.94. The fourth-order valence-electron chi connectivity index (χ4n) is 3.68. The van der Waals surface area contributed by atoms with Gasteiger partial charge in [-0.15, -0.1) is 0 Å². The number of halogens is 1. The van der Waals surface area contributed by atoms with Gasteiger partial charge in [0.2, 0.25) is 0 Å². The maximum Gasteiger partial charge on any atom is 0.301 e. The molecule has 3 heterocycles. The lowest BCUT2D eigenvalue weighted by Crippen LogP contribution is -2.29. The lowest BCUT2D eigenvalue weighted by Gasteiger charge is -2.23. The van der Waals surface area contributed by atoms with Crippen molar-refractivity contribution >= 4 is 39.2 Å². The van der Waals surface area contributed by atoms with Gasteiger partial charge >= 0.3 is 5.91 Å². The van der Waals surface area contributed by atoms with Crippen LogP contribution in [0.3, 0.4) is 0 Å². The van der Waals surface area contributed by atoms with Crippen molar-refractivity contribution in [3.8, 4) is 0 Å². The van der Waals surface area contributed by atoms with Crippen LogP contribution in [-0.4, -0.2) is 26.9 Å². The zero-order valence-electron chi connectivity index (χ0n) is 16.0. The minimum Gasteiger partial charge on any atom is -0.507 e. The number of aliphatic hydroxyl groups is 1. The standard InChI is InChI=1S/C21H18BrN3O4/c1-10-9-23-12(3)16(10)19(26)17-18(13-5-4-6-14(22)8-13)25(21(28)20(17)27)15-7-11(2)29-24-15/h4-9,18,23,26H,1-3H3/b19-17+. The number of nitrogens with zero attached hydrogens (tertiary/aromatic N) is 2. The van der Waals surface area contributed by atoms with Crippen LogP contribution in [0.4, 0.5) is 5.82 Å². The van der Waals surface area contributed by atoms with Crippen molar-refractivity contribution < 1.29 is 19.2 Å². The number of anilines is 1. The molecule has 0 bridgehead atoms. The maximum atomic E-state index is 13.0. The molecule has 148 valence electrons. The summed E-state index contributed by atoms with van der Waals surface area (Å²) in [5.41, 5.74) is 2.67. The molecule has 7 nitrogen and oxygen atoms in total. The van der Waals surface area contributed by atoms with Crippen LogP contribution in [0.25, 0.3) is 5.76 Å². The number of ketones is 1. The van der Waals surface area contributed by atoms with Gasteiger partial charge in [0.1, 0.15) is 11.5 Å². The van der Waals surface area contributed by atoms with E-state index >= 15 is 0 Å². The Balaban J connectivity index is 1.99. The number of aromatic amines is 1. The summed E-state index contributed by atoms with van der Waals surface area (Å²) in [5.74, 6) is -1.03. The van der Waals surface area contributed by atoms with Gasteiger partial charge in [-0.1, -0.05) is 33.2 Å². The predicted octanol–water partition coefficient (Wildman–Crippen LogP) is 4.32. The molecule has 29 heavy (non-hydrogen) atoms. The van der Waals surface area contributed by atoms with Gasteiger partial charge in [0.25, 0.3) is 5.78 Å². The summed E-state index contributed by atoms with van der Waals surface area (Å²) in [6.45, 7) is 5.32. The molecular formula is C21H18BrN3O4. The van der Waals surface area contributed by atoms with E-state index in [-0.39, 0.29) is 17.2 Å². The summed E-state index contributed by atoms with van der Waals surface area (Å²) in [6, 6.07) is 8.00. The van der Waals surface area contributed by atoms with Crippen molar-refractivity contribution in [1.29, 1.82) is 0 Å². The highest BCUT2D eigenvalue weighted by Crippen LogP contribution is 2.43. The van der Waals surface area contributed by atoms with Crippen molar-refractivity contribution in [2.45, 2.75) is 26.8 Å². The average molecular weight is 456 g/mol. The van der Waals surface area contributed by atoms with Gasteiger partial charge in [-0.25, -0.2) is 0 Å². The van der Waals surface area contributed by atoms with Crippen LogP contribution in [-0.2, 0) is 9.59 Å². The maximum absolute atomic E-state index is 13.0. The lowest BCUT2D eigenvalue weighted by molar-refractivity contribution is -0.132. The molecule has 1 atom stereocenters. The van der Waals surface area contributed by atoms with Crippen molar-refractivity contribution in [3.05, 3.63) is 74.7 Å². The average Bonchev–Trinajstić information content (AvgIpc) is 3.32. The third kappa shape index (κ3) is 3.09. The van der Waals surface area contributed by atoms with Crippen molar-refractivity contribution in [2.75, 3.05) is 4.90 Å². The van der Waals surface area contributed by atoms with E-state index in [0.29, 0.717) is 22.6 Å². The quantitative estimate of drug-likeness (QED) is 0.348. The molecule has 0 saturated carbocycles. The smallest absolute Gasteiger partial charge is 0.301 e. The number of benzene rings is 1. The summed E-state index contributed by atoms with van der Waals surface area (Å²) in [4.78, 5) is 30.3. The molecule has 2 N–H and O–H groups in total. The van der Waals surface area contributed by atoms with Crippen molar-refractivity contribution in [1.82, 2.24) is 10.1 Å². The predicted molar refractivity (Wildman–Crippen MR) is 110 cm³/mol. The third-order valence-electron chi connectivity index (χ3n) is 4.98. The van der Waals surface area contributed by atoms with Crippen LogP contribution < -0.4 is 4.90 Å². The molecular weight excluding hydrogens is 438 g/mol. The van der Waals surface area contributed by atoms with E-state index in [2.05, 4.69) is 26.1 Å². The monoisotopic (exact) mass is 455 g/mol. The highest BCUT2D eigenvalue weighted by Gasteiger charge is 2.48. The molecule has 1 unspecified atom stereocenters. The number of H-pyrrole nitrogens is 1. The first kappa shape index (κ1) is 19.2. The Morgan fingerprint density at radius 3 is 2.59 bits per heavy atom. The molecule has 1 aliphatic rings. The number of Topliss-reactive ketones (excluding diaryl/α,β-unsaturated/α-hetero) is 1. The van der Waals surface area contributed by atoms with E-state index in [4.69, 9.17) is 4.52 Å². The molecule has 3 aromatic rings. The van der Waals surface area contributed by atoms with Gasteiger partial charge in [0.15, 0.2) is 5.82 Å². The van der Waals surface area contributed by atoms with Crippen LogP contribution in [0.2, 0.25) is 0 Å². The second-order valence-electron chi connectivity index (χ2n) is 6.99. The van der Waals surface area contributed by atoms with E-state index in [1.807, 2.05) is 13.0 Å². The summed E-state index contributed by atoms with van der Waals surface area (Å²) in [5, 5.41) is 15.1. The van der Waals surface area contributed by atoms with Gasteiger partial charge in [-0.05, 0) is 44.0 Å². The first-order chi connectivity index (χ1) is 13.8. The summed E-state index contributed by atoms with van der Waals surface area (Å²) in [6.07, 6.45) is 1.75. The number of hydrogen-bond donors (Lipinski definition) is 2. The molecule has 8 heteroatoms. The number of carbonyl (C=O) groups excluding carboxylic acids is 2. The zero-order valence-corrected chi connectivity index (χ0v) is 17.6. The van der Waals surface area contributed by atoms with Crippen LogP contribution >= 0.6 is 15.9 Å². The molecule has 4 rings (SSSR count). The number of carbonyl (C=O) groups is 2. The second kappa shape index (κ2) is 7.04. The molecule has 1 aromatic carbocycles. The number of rotatable bonds is 3. The molecule has 0 aliphatic carbocycles. The molecule has 2 aromatic heterocycles. The minimum absolute atomic E-state index is 0.0135. The zero-order chi connectivity index (χ0) is 20.9. The van der Waals surface area contributed by atoms with Gasteiger partial charge in [-0.3, -0.25) is 14.5 Å². The molecule has 0 radical (unpaired) electrons. The van der Waals surface area contributed by atoms with E-state index in [0.717, 1.165) is 10.0 Å². The van der Waals surface area contributed by atoms with Gasteiger partial charge < -0.3 is 14.6 Å². The second-order valence-corrected chi connectivity index (χ2v) is 7.91. The normalized spacial score (nSPS) is 18.6. The number of aryl methyl sites for hydroxylation is 3. The summed E-state index contributed by atoms with van der Waals surface area (Å²) in [7, 11) is 0. The lowest BCUT2D eigenvalue weighted by atomic mass is 9.94. The Bertz CT molecular complexity index is 1150. The highest BCUT2D eigenvalue weighted by molar-refractivity contribution is 9.10.